The predicted molar refractivity (Wildman–Crippen MR) is 127 cm³/mol. The van der Waals surface area contributed by atoms with Gasteiger partial charge in [0, 0.05) is 29.2 Å². The molecule has 2 aromatic carbocycles. The highest BCUT2D eigenvalue weighted by atomic mass is 32.2. The van der Waals surface area contributed by atoms with Gasteiger partial charge in [0.1, 0.15) is 0 Å². The second-order valence-electron chi connectivity index (χ2n) is 8.90. The summed E-state index contributed by atoms with van der Waals surface area (Å²) < 4.78 is 56.4. The fourth-order valence-electron chi connectivity index (χ4n) is 3.98. The Morgan fingerprint density at radius 2 is 1.62 bits per heavy atom. The van der Waals surface area contributed by atoms with Crippen LogP contribution in [0.15, 0.2) is 64.5 Å². The van der Waals surface area contributed by atoms with Crippen molar-refractivity contribution < 1.29 is 16.8 Å². The minimum absolute atomic E-state index is 0.0147. The molecule has 0 unspecified atom stereocenters. The molecule has 1 atom stereocenters. The SMILES string of the molecule is CC(C)C[C@@H](C)N(c1ccc2[nH]ccc2c1)S(=O)(=O)c1ccc(S(=O)(=O)NC2CC2)cc1. The normalized spacial score (nSPS) is 15.9. The zero-order valence-corrected chi connectivity index (χ0v) is 20.1. The number of benzene rings is 2. The summed E-state index contributed by atoms with van der Waals surface area (Å²) in [4.78, 5) is 3.26. The van der Waals surface area contributed by atoms with Gasteiger partial charge in [-0.15, -0.1) is 0 Å². The molecule has 1 heterocycles. The second kappa shape index (κ2) is 8.53. The molecule has 9 heteroatoms. The molecule has 172 valence electrons. The maximum Gasteiger partial charge on any atom is 0.264 e. The molecule has 7 nitrogen and oxygen atoms in total. The van der Waals surface area contributed by atoms with E-state index >= 15 is 0 Å². The van der Waals surface area contributed by atoms with E-state index in [2.05, 4.69) is 23.6 Å². The van der Waals surface area contributed by atoms with Gasteiger partial charge in [-0.1, -0.05) is 13.8 Å². The first-order chi connectivity index (χ1) is 15.1. The Bertz CT molecular complexity index is 1310. The van der Waals surface area contributed by atoms with Crippen LogP contribution in [-0.4, -0.2) is 33.9 Å². The first kappa shape index (κ1) is 22.8. The predicted octanol–water partition coefficient (Wildman–Crippen LogP) is 4.24. The molecule has 1 aliphatic rings. The van der Waals surface area contributed by atoms with Crippen LogP contribution in [0.3, 0.4) is 0 Å². The number of nitrogens with zero attached hydrogens (tertiary/aromatic N) is 1. The van der Waals surface area contributed by atoms with Crippen LogP contribution in [0, 0.1) is 5.92 Å². The van der Waals surface area contributed by atoms with E-state index in [0.29, 0.717) is 18.0 Å². The molecule has 0 aliphatic heterocycles. The van der Waals surface area contributed by atoms with Crippen LogP contribution in [0.2, 0.25) is 0 Å². The lowest BCUT2D eigenvalue weighted by atomic mass is 10.0. The van der Waals surface area contributed by atoms with Crippen molar-refractivity contribution >= 4 is 36.6 Å². The summed E-state index contributed by atoms with van der Waals surface area (Å²) in [6.07, 6.45) is 4.17. The summed E-state index contributed by atoms with van der Waals surface area (Å²) in [5.74, 6) is 0.305. The van der Waals surface area contributed by atoms with Crippen LogP contribution in [0.25, 0.3) is 10.9 Å². The Hall–Kier alpha value is -2.36. The molecule has 1 fully saturated rings. The number of sulfonamides is 2. The van der Waals surface area contributed by atoms with Crippen molar-refractivity contribution in [1.82, 2.24) is 9.71 Å². The summed E-state index contributed by atoms with van der Waals surface area (Å²) in [6.45, 7) is 6.02. The molecule has 3 aromatic rings. The lowest BCUT2D eigenvalue weighted by Gasteiger charge is -2.31. The van der Waals surface area contributed by atoms with E-state index in [9.17, 15) is 16.8 Å². The minimum atomic E-state index is -3.92. The van der Waals surface area contributed by atoms with E-state index < -0.39 is 20.0 Å². The van der Waals surface area contributed by atoms with Gasteiger partial charge in [-0.3, -0.25) is 4.31 Å². The van der Waals surface area contributed by atoms with Crippen molar-refractivity contribution in [1.29, 1.82) is 0 Å². The molecule has 0 spiro atoms. The molecule has 1 aliphatic carbocycles. The molecular weight excluding hydrogens is 446 g/mol. The van der Waals surface area contributed by atoms with Gasteiger partial charge >= 0.3 is 0 Å². The molecule has 2 N–H and O–H groups in total. The van der Waals surface area contributed by atoms with Gasteiger partial charge in [0.2, 0.25) is 10.0 Å². The van der Waals surface area contributed by atoms with E-state index in [1.165, 1.54) is 28.6 Å². The molecule has 32 heavy (non-hydrogen) atoms. The number of hydrogen-bond acceptors (Lipinski definition) is 4. The maximum absolute atomic E-state index is 13.7. The molecular formula is C23H29N3O4S2. The fourth-order valence-corrected chi connectivity index (χ4v) is 6.94. The van der Waals surface area contributed by atoms with Crippen LogP contribution in [-0.2, 0) is 20.0 Å². The molecule has 1 aromatic heterocycles. The number of rotatable bonds is 9. The molecule has 0 radical (unpaired) electrons. The van der Waals surface area contributed by atoms with Gasteiger partial charge < -0.3 is 4.98 Å². The molecule has 0 bridgehead atoms. The van der Waals surface area contributed by atoms with E-state index in [4.69, 9.17) is 0 Å². The highest BCUT2D eigenvalue weighted by Crippen LogP contribution is 2.31. The van der Waals surface area contributed by atoms with Gasteiger partial charge in [-0.25, -0.2) is 21.6 Å². The third kappa shape index (κ3) is 4.69. The average Bonchev–Trinajstić information content (AvgIpc) is 3.39. The van der Waals surface area contributed by atoms with E-state index in [0.717, 1.165) is 23.7 Å². The lowest BCUT2D eigenvalue weighted by Crippen LogP contribution is -2.39. The first-order valence-corrected chi connectivity index (χ1v) is 13.7. The van der Waals surface area contributed by atoms with Crippen LogP contribution >= 0.6 is 0 Å². The van der Waals surface area contributed by atoms with E-state index in [1.807, 2.05) is 31.3 Å². The van der Waals surface area contributed by atoms with Gasteiger partial charge in [0.25, 0.3) is 10.0 Å². The van der Waals surface area contributed by atoms with E-state index in [-0.39, 0.29) is 21.9 Å². The third-order valence-corrected chi connectivity index (χ3v) is 9.09. The molecule has 1 saturated carbocycles. The standard InChI is InChI=1S/C23H29N3O4S2/c1-16(2)14-17(3)26(20-6-11-23-18(15-20)12-13-24-23)32(29,30)22-9-7-21(8-10-22)31(27,28)25-19-4-5-19/h6-13,15-17,19,24-25H,4-5,14H2,1-3H3/t17-/m1/s1. The minimum Gasteiger partial charge on any atom is -0.361 e. The van der Waals surface area contributed by atoms with Crippen LogP contribution in [0.4, 0.5) is 5.69 Å². The monoisotopic (exact) mass is 475 g/mol. The van der Waals surface area contributed by atoms with Crippen LogP contribution < -0.4 is 9.03 Å². The topological polar surface area (TPSA) is 99.3 Å². The molecule has 0 saturated heterocycles. The van der Waals surface area contributed by atoms with E-state index in [1.54, 1.807) is 6.07 Å². The van der Waals surface area contributed by atoms with Crippen LogP contribution in [0.1, 0.15) is 40.0 Å². The number of aromatic amines is 1. The fraction of sp³-hybridized carbons (Fsp3) is 0.391. The summed E-state index contributed by atoms with van der Waals surface area (Å²) in [7, 11) is -7.56. The largest absolute Gasteiger partial charge is 0.361 e. The maximum atomic E-state index is 13.7. The molecule has 0 amide bonds. The second-order valence-corrected chi connectivity index (χ2v) is 12.4. The number of aromatic nitrogens is 1. The Morgan fingerprint density at radius 1 is 0.969 bits per heavy atom. The van der Waals surface area contributed by atoms with Gasteiger partial charge in [0.05, 0.1) is 15.5 Å². The first-order valence-electron chi connectivity index (χ1n) is 10.8. The number of H-pyrrole nitrogens is 1. The van der Waals surface area contributed by atoms with Crippen molar-refractivity contribution in [3.05, 3.63) is 54.7 Å². The Morgan fingerprint density at radius 3 is 2.25 bits per heavy atom. The lowest BCUT2D eigenvalue weighted by molar-refractivity contribution is 0.509. The number of hydrogen-bond donors (Lipinski definition) is 2. The third-order valence-electron chi connectivity index (χ3n) is 5.59. The number of fused-ring (bicyclic) bond motifs is 1. The van der Waals surface area contributed by atoms with Gasteiger partial charge in [-0.05, 0) is 80.6 Å². The van der Waals surface area contributed by atoms with Crippen molar-refractivity contribution in [3.63, 3.8) is 0 Å². The quantitative estimate of drug-likeness (QED) is 0.483. The number of nitrogens with one attached hydrogen (secondary N) is 2. The molecule has 4 rings (SSSR count). The van der Waals surface area contributed by atoms with Crippen molar-refractivity contribution in [2.75, 3.05) is 4.31 Å². The summed E-state index contributed by atoms with van der Waals surface area (Å²) >= 11 is 0. The Balaban J connectivity index is 1.72. The summed E-state index contributed by atoms with van der Waals surface area (Å²) in [5.41, 5.74) is 1.51. The average molecular weight is 476 g/mol. The number of anilines is 1. The Labute approximate surface area is 189 Å². The summed E-state index contributed by atoms with van der Waals surface area (Å²) in [6, 6.07) is 12.6. The zero-order valence-electron chi connectivity index (χ0n) is 18.4. The zero-order chi connectivity index (χ0) is 23.1. The van der Waals surface area contributed by atoms with Gasteiger partial charge in [-0.2, -0.15) is 0 Å². The highest BCUT2D eigenvalue weighted by molar-refractivity contribution is 7.93. The summed E-state index contributed by atoms with van der Waals surface area (Å²) in [5, 5.41) is 0.923. The van der Waals surface area contributed by atoms with Crippen molar-refractivity contribution in [2.24, 2.45) is 5.92 Å². The van der Waals surface area contributed by atoms with Crippen molar-refractivity contribution in [3.8, 4) is 0 Å². The van der Waals surface area contributed by atoms with Crippen molar-refractivity contribution in [2.45, 2.75) is 61.9 Å². The Kier molecular flexibility index (Phi) is 6.08. The smallest absolute Gasteiger partial charge is 0.264 e. The van der Waals surface area contributed by atoms with Crippen LogP contribution in [0.5, 0.6) is 0 Å². The highest BCUT2D eigenvalue weighted by Gasteiger charge is 2.31. The van der Waals surface area contributed by atoms with Gasteiger partial charge in [0.15, 0.2) is 0 Å².